The predicted molar refractivity (Wildman–Crippen MR) is 122 cm³/mol. The highest BCUT2D eigenvalue weighted by Gasteiger charge is 2.42. The van der Waals surface area contributed by atoms with Gasteiger partial charge in [-0.2, -0.15) is 0 Å². The Bertz CT molecular complexity index is 788. The molecule has 2 saturated heterocycles. The maximum Gasteiger partial charge on any atom is 0.213 e. The second-order valence-corrected chi connectivity index (χ2v) is 10.5. The molecule has 3 heterocycles. The van der Waals surface area contributed by atoms with Crippen molar-refractivity contribution < 1.29 is 14.3 Å². The highest BCUT2D eigenvalue weighted by molar-refractivity contribution is 5.80. The Hall–Kier alpha value is -1.59. The Balaban J connectivity index is 1.17. The number of hydrogen-bond acceptors (Lipinski definition) is 5. The first kappa shape index (κ1) is 21.3. The van der Waals surface area contributed by atoms with Crippen molar-refractivity contribution in [2.75, 3.05) is 31.1 Å². The lowest BCUT2D eigenvalue weighted by atomic mass is 9.88. The molecule has 1 aromatic carbocycles. The molecule has 3 fully saturated rings. The molecule has 0 unspecified atom stereocenters. The number of nitrogens with zero attached hydrogens (tertiary/aromatic N) is 2. The van der Waals surface area contributed by atoms with Gasteiger partial charge >= 0.3 is 0 Å². The lowest BCUT2D eigenvalue weighted by Crippen LogP contribution is -2.54. The number of fused-ring (bicyclic) bond motifs is 1. The Morgan fingerprint density at radius 2 is 1.84 bits per heavy atom. The second-order valence-electron chi connectivity index (χ2n) is 10.5. The molecule has 5 nitrogen and oxygen atoms in total. The maximum absolute atomic E-state index is 12.1. The summed E-state index contributed by atoms with van der Waals surface area (Å²) in [5.41, 5.74) is 2.43. The molecule has 5 rings (SSSR count). The molecule has 1 aliphatic carbocycles. The third-order valence-corrected chi connectivity index (χ3v) is 8.10. The number of ether oxygens (including phenoxy) is 2. The summed E-state index contributed by atoms with van der Waals surface area (Å²) in [6, 6.07) is 7.43. The molecule has 31 heavy (non-hydrogen) atoms. The van der Waals surface area contributed by atoms with Crippen LogP contribution in [0.3, 0.4) is 0 Å². The molecule has 0 aromatic heterocycles. The van der Waals surface area contributed by atoms with Gasteiger partial charge in [-0.25, -0.2) is 0 Å². The van der Waals surface area contributed by atoms with Gasteiger partial charge in [0.05, 0.1) is 6.61 Å². The van der Waals surface area contributed by atoms with Crippen molar-refractivity contribution in [2.24, 2.45) is 11.8 Å². The lowest BCUT2D eigenvalue weighted by molar-refractivity contribution is -0.231. The molecule has 4 aliphatic rings. The monoisotopic (exact) mass is 426 g/mol. The second kappa shape index (κ2) is 8.74. The van der Waals surface area contributed by atoms with E-state index in [-0.39, 0.29) is 5.92 Å². The van der Waals surface area contributed by atoms with Crippen molar-refractivity contribution in [2.45, 2.75) is 83.6 Å². The number of benzene rings is 1. The number of hydrogen-bond donors (Lipinski definition) is 0. The number of carbonyl (C=O) groups is 1. The van der Waals surface area contributed by atoms with Crippen LogP contribution < -0.4 is 9.64 Å². The minimum Gasteiger partial charge on any atom is -0.462 e. The summed E-state index contributed by atoms with van der Waals surface area (Å²) in [6.45, 7) is 8.90. The molecular weight excluding hydrogens is 388 g/mol. The molecule has 0 atom stereocenters. The smallest absolute Gasteiger partial charge is 0.213 e. The van der Waals surface area contributed by atoms with E-state index in [9.17, 15) is 4.79 Å². The van der Waals surface area contributed by atoms with E-state index < -0.39 is 5.79 Å². The molecule has 1 aromatic rings. The number of ketones is 1. The van der Waals surface area contributed by atoms with Crippen molar-refractivity contribution in [1.82, 2.24) is 4.90 Å². The quantitative estimate of drug-likeness (QED) is 0.678. The van der Waals surface area contributed by atoms with E-state index >= 15 is 0 Å². The first-order valence-corrected chi connectivity index (χ1v) is 12.5. The van der Waals surface area contributed by atoms with Crippen LogP contribution in [0.2, 0.25) is 0 Å². The van der Waals surface area contributed by atoms with Crippen molar-refractivity contribution in [3.63, 3.8) is 0 Å². The van der Waals surface area contributed by atoms with Gasteiger partial charge in [0.1, 0.15) is 11.5 Å². The molecular formula is C26H38N2O3. The van der Waals surface area contributed by atoms with Gasteiger partial charge in [0.25, 0.3) is 0 Å². The van der Waals surface area contributed by atoms with Crippen molar-refractivity contribution >= 4 is 11.5 Å². The van der Waals surface area contributed by atoms with Gasteiger partial charge in [-0.1, -0.05) is 20.3 Å². The molecule has 1 spiro atoms. The normalized spacial score (nSPS) is 24.7. The summed E-state index contributed by atoms with van der Waals surface area (Å²) in [7, 11) is 0. The third kappa shape index (κ3) is 4.49. The predicted octanol–water partition coefficient (Wildman–Crippen LogP) is 4.77. The molecule has 0 N–H and O–H groups in total. The number of Topliss-reactive ketones (excluding diaryl/α,β-unsaturated/α-hetero) is 1. The Morgan fingerprint density at radius 3 is 2.48 bits per heavy atom. The largest absolute Gasteiger partial charge is 0.462 e. The van der Waals surface area contributed by atoms with E-state index in [1.165, 1.54) is 30.5 Å². The van der Waals surface area contributed by atoms with Crippen molar-refractivity contribution in [1.29, 1.82) is 0 Å². The standard InChI is InChI=1S/C26H38N2O3/c1-19(2)24(29)16-20-8-12-27(13-9-20)23-6-7-25-21(17-23)18-30-26(31-25)10-14-28(15-11-26)22-4-3-5-22/h6-7,17,19-20,22H,3-5,8-16,18H2,1-2H3. The fraction of sp³-hybridized carbons (Fsp3) is 0.731. The Kier molecular flexibility index (Phi) is 6.00. The highest BCUT2D eigenvalue weighted by atomic mass is 16.7. The first-order valence-electron chi connectivity index (χ1n) is 12.5. The van der Waals surface area contributed by atoms with Crippen LogP contribution in [0.4, 0.5) is 5.69 Å². The molecule has 0 bridgehead atoms. The SMILES string of the molecule is CC(C)C(=O)CC1CCN(c2ccc3c(c2)COC2(CCN(C4CCC4)CC2)O3)CC1. The van der Waals surface area contributed by atoms with Crippen LogP contribution in [0, 0.1) is 11.8 Å². The lowest BCUT2D eigenvalue weighted by Gasteiger charge is -2.47. The van der Waals surface area contributed by atoms with Gasteiger partial charge in [0.2, 0.25) is 5.79 Å². The summed E-state index contributed by atoms with van der Waals surface area (Å²) in [5, 5.41) is 0. The Labute approximate surface area is 187 Å². The topological polar surface area (TPSA) is 42.0 Å². The van der Waals surface area contributed by atoms with E-state index in [1.807, 2.05) is 13.8 Å². The van der Waals surface area contributed by atoms with Crippen LogP contribution in [-0.2, 0) is 16.1 Å². The first-order chi connectivity index (χ1) is 15.0. The van der Waals surface area contributed by atoms with E-state index in [0.717, 1.165) is 70.1 Å². The molecule has 5 heteroatoms. The van der Waals surface area contributed by atoms with Crippen molar-refractivity contribution in [3.8, 4) is 5.75 Å². The van der Waals surface area contributed by atoms with Crippen LogP contribution in [0.25, 0.3) is 0 Å². The number of rotatable bonds is 5. The fourth-order valence-electron chi connectivity index (χ4n) is 5.56. The average Bonchev–Trinajstić information content (AvgIpc) is 2.74. The van der Waals surface area contributed by atoms with Gasteiger partial charge in [-0.3, -0.25) is 9.69 Å². The van der Waals surface area contributed by atoms with Crippen LogP contribution in [0.15, 0.2) is 18.2 Å². The van der Waals surface area contributed by atoms with Crippen LogP contribution in [0.1, 0.15) is 70.8 Å². The summed E-state index contributed by atoms with van der Waals surface area (Å²) < 4.78 is 12.8. The minimum absolute atomic E-state index is 0.160. The summed E-state index contributed by atoms with van der Waals surface area (Å²) in [4.78, 5) is 17.2. The molecule has 0 amide bonds. The molecule has 0 radical (unpaired) electrons. The molecule has 1 saturated carbocycles. The van der Waals surface area contributed by atoms with E-state index in [2.05, 4.69) is 28.0 Å². The number of piperidine rings is 2. The van der Waals surface area contributed by atoms with E-state index in [4.69, 9.17) is 9.47 Å². The zero-order chi connectivity index (χ0) is 21.4. The number of anilines is 1. The summed E-state index contributed by atoms with van der Waals surface area (Å²) >= 11 is 0. The zero-order valence-electron chi connectivity index (χ0n) is 19.3. The van der Waals surface area contributed by atoms with Gasteiger partial charge in [-0.15, -0.1) is 0 Å². The van der Waals surface area contributed by atoms with Gasteiger partial charge in [-0.05, 0) is 49.8 Å². The zero-order valence-corrected chi connectivity index (χ0v) is 19.3. The third-order valence-electron chi connectivity index (χ3n) is 8.10. The van der Waals surface area contributed by atoms with Crippen molar-refractivity contribution in [3.05, 3.63) is 23.8 Å². The minimum atomic E-state index is -0.421. The van der Waals surface area contributed by atoms with Crippen LogP contribution >= 0.6 is 0 Å². The molecule has 170 valence electrons. The average molecular weight is 427 g/mol. The molecule has 3 aliphatic heterocycles. The summed E-state index contributed by atoms with van der Waals surface area (Å²) in [5.74, 6) is 1.70. The summed E-state index contributed by atoms with van der Waals surface area (Å²) in [6.07, 6.45) is 9.00. The van der Waals surface area contributed by atoms with E-state index in [0.29, 0.717) is 18.3 Å². The van der Waals surface area contributed by atoms with Crippen LogP contribution in [-0.4, -0.2) is 48.7 Å². The van der Waals surface area contributed by atoms with Crippen LogP contribution in [0.5, 0.6) is 5.75 Å². The van der Waals surface area contributed by atoms with Gasteiger partial charge in [0, 0.05) is 68.7 Å². The number of carbonyl (C=O) groups excluding carboxylic acids is 1. The van der Waals surface area contributed by atoms with Gasteiger partial charge in [0.15, 0.2) is 0 Å². The Morgan fingerprint density at radius 1 is 1.10 bits per heavy atom. The van der Waals surface area contributed by atoms with Gasteiger partial charge < -0.3 is 14.4 Å². The fourth-order valence-corrected chi connectivity index (χ4v) is 5.56. The maximum atomic E-state index is 12.1. The number of likely N-dealkylation sites (tertiary alicyclic amines) is 1. The van der Waals surface area contributed by atoms with E-state index in [1.54, 1.807) is 0 Å². The highest BCUT2D eigenvalue weighted by Crippen LogP contribution is 2.40.